The van der Waals surface area contributed by atoms with Gasteiger partial charge in [0, 0.05) is 11.8 Å². The quantitative estimate of drug-likeness (QED) is 0.718. The molecule has 0 spiro atoms. The molecule has 6 nitrogen and oxygen atoms in total. The maximum Gasteiger partial charge on any atom is 0.249 e. The van der Waals surface area contributed by atoms with Crippen LogP contribution >= 0.6 is 0 Å². The largest absolute Gasteiger partial charge is 0.385 e. The van der Waals surface area contributed by atoms with Crippen molar-refractivity contribution in [1.29, 1.82) is 0 Å². The Morgan fingerprint density at radius 2 is 1.95 bits per heavy atom. The van der Waals surface area contributed by atoms with E-state index in [4.69, 9.17) is 5.73 Å². The molecule has 0 radical (unpaired) electrons. The van der Waals surface area contributed by atoms with E-state index in [1.807, 2.05) is 0 Å². The maximum atomic E-state index is 12.8. The fraction of sp³-hybridized carbons (Fsp3) is 0.167. The van der Waals surface area contributed by atoms with Crippen molar-refractivity contribution in [2.75, 3.05) is 0 Å². The van der Waals surface area contributed by atoms with Crippen molar-refractivity contribution in [2.24, 2.45) is 5.73 Å². The second-order valence-electron chi connectivity index (χ2n) is 3.99. The Morgan fingerprint density at radius 1 is 1.32 bits per heavy atom. The number of rotatable bonds is 4. The number of nitrogens with zero attached hydrogens (tertiary/aromatic N) is 2. The lowest BCUT2D eigenvalue weighted by Crippen LogP contribution is -2.33. The zero-order valence-electron chi connectivity index (χ0n) is 9.77. The molecule has 2 atom stereocenters. The van der Waals surface area contributed by atoms with Gasteiger partial charge >= 0.3 is 0 Å². The summed E-state index contributed by atoms with van der Waals surface area (Å²) in [6.45, 7) is 0. The van der Waals surface area contributed by atoms with Gasteiger partial charge in [0.2, 0.25) is 5.91 Å². The molecule has 0 fully saturated rings. The number of amides is 1. The molecule has 0 aliphatic rings. The molecule has 4 N–H and O–H groups in total. The number of hydrogen-bond donors (Lipinski definition) is 3. The highest BCUT2D eigenvalue weighted by Crippen LogP contribution is 2.18. The van der Waals surface area contributed by atoms with Crippen molar-refractivity contribution >= 4 is 5.91 Å². The predicted molar refractivity (Wildman–Crippen MR) is 63.7 cm³/mol. The van der Waals surface area contributed by atoms with Gasteiger partial charge < -0.3 is 15.9 Å². The van der Waals surface area contributed by atoms with Gasteiger partial charge in [0.15, 0.2) is 6.10 Å². The highest BCUT2D eigenvalue weighted by molar-refractivity contribution is 5.79. The Labute approximate surface area is 107 Å². The molecule has 2 rings (SSSR count). The van der Waals surface area contributed by atoms with E-state index >= 15 is 0 Å². The number of aliphatic hydroxyl groups excluding tert-OH is 2. The van der Waals surface area contributed by atoms with E-state index < -0.39 is 18.1 Å². The molecule has 2 aromatic rings. The van der Waals surface area contributed by atoms with Gasteiger partial charge in [-0.15, -0.1) is 0 Å². The van der Waals surface area contributed by atoms with Gasteiger partial charge in [-0.05, 0) is 24.3 Å². The van der Waals surface area contributed by atoms with Gasteiger partial charge in [0.25, 0.3) is 0 Å². The Kier molecular flexibility index (Phi) is 3.59. The van der Waals surface area contributed by atoms with Gasteiger partial charge in [0.1, 0.15) is 11.9 Å². The summed E-state index contributed by atoms with van der Waals surface area (Å²) in [5.74, 6) is -1.40. The Balaban J connectivity index is 2.24. The van der Waals surface area contributed by atoms with Crippen LogP contribution in [-0.2, 0) is 4.79 Å². The summed E-state index contributed by atoms with van der Waals surface area (Å²) in [5, 5.41) is 23.0. The standard InChI is InChI=1S/C12H12FN3O3/c13-8-1-3-9(4-2-8)16-6-7(5-15-16)10(17)11(18)12(14)19/h1-6,10-11,17-18H,(H2,14,19). The third-order valence-corrected chi connectivity index (χ3v) is 2.63. The highest BCUT2D eigenvalue weighted by atomic mass is 19.1. The maximum absolute atomic E-state index is 12.8. The normalized spacial score (nSPS) is 14.1. The molecule has 0 bridgehead atoms. The van der Waals surface area contributed by atoms with Crippen LogP contribution in [0.3, 0.4) is 0 Å². The number of benzene rings is 1. The summed E-state index contributed by atoms with van der Waals surface area (Å²) in [5.41, 5.74) is 5.70. The van der Waals surface area contributed by atoms with Crippen LogP contribution in [0.4, 0.5) is 4.39 Å². The molecule has 1 aromatic heterocycles. The lowest BCUT2D eigenvalue weighted by Gasteiger charge is -2.12. The molecule has 7 heteroatoms. The first-order chi connectivity index (χ1) is 8.99. The molecule has 1 heterocycles. The molecule has 1 amide bonds. The van der Waals surface area contributed by atoms with Crippen molar-refractivity contribution in [2.45, 2.75) is 12.2 Å². The number of nitrogens with two attached hydrogens (primary N) is 1. The first-order valence-corrected chi connectivity index (χ1v) is 5.45. The van der Waals surface area contributed by atoms with Crippen LogP contribution in [0.1, 0.15) is 11.7 Å². The molecule has 0 aliphatic carbocycles. The van der Waals surface area contributed by atoms with E-state index in [2.05, 4.69) is 5.10 Å². The summed E-state index contributed by atoms with van der Waals surface area (Å²) in [7, 11) is 0. The van der Waals surface area contributed by atoms with Crippen molar-refractivity contribution in [3.05, 3.63) is 48.0 Å². The van der Waals surface area contributed by atoms with E-state index in [1.54, 1.807) is 0 Å². The number of aromatic nitrogens is 2. The SMILES string of the molecule is NC(=O)C(O)C(O)c1cnn(-c2ccc(F)cc2)c1. The van der Waals surface area contributed by atoms with Crippen LogP contribution in [0.2, 0.25) is 0 Å². The molecule has 1 aromatic carbocycles. The zero-order valence-corrected chi connectivity index (χ0v) is 9.77. The van der Waals surface area contributed by atoms with Crippen LogP contribution in [0.25, 0.3) is 5.69 Å². The van der Waals surface area contributed by atoms with Gasteiger partial charge in [-0.1, -0.05) is 0 Å². The van der Waals surface area contributed by atoms with Crippen LogP contribution < -0.4 is 5.73 Å². The van der Waals surface area contributed by atoms with Crippen molar-refractivity contribution in [3.63, 3.8) is 0 Å². The van der Waals surface area contributed by atoms with Gasteiger partial charge in [0.05, 0.1) is 11.9 Å². The molecule has 0 saturated heterocycles. The molecule has 19 heavy (non-hydrogen) atoms. The third-order valence-electron chi connectivity index (χ3n) is 2.63. The molecule has 100 valence electrons. The molecular weight excluding hydrogens is 253 g/mol. The summed E-state index contributed by atoms with van der Waals surface area (Å²) < 4.78 is 14.2. The molecular formula is C12H12FN3O3. The topological polar surface area (TPSA) is 101 Å². The van der Waals surface area contributed by atoms with Crippen LogP contribution in [0.5, 0.6) is 0 Å². The zero-order chi connectivity index (χ0) is 14.0. The molecule has 0 saturated carbocycles. The van der Waals surface area contributed by atoms with E-state index in [0.29, 0.717) is 5.69 Å². The first-order valence-electron chi connectivity index (χ1n) is 5.45. The van der Waals surface area contributed by atoms with Crippen LogP contribution in [0.15, 0.2) is 36.7 Å². The monoisotopic (exact) mass is 265 g/mol. The van der Waals surface area contributed by atoms with E-state index in [-0.39, 0.29) is 11.4 Å². The lowest BCUT2D eigenvalue weighted by molar-refractivity contribution is -0.131. The Hall–Kier alpha value is -2.25. The Bertz CT molecular complexity index is 582. The average Bonchev–Trinajstić information content (AvgIpc) is 2.87. The average molecular weight is 265 g/mol. The van der Waals surface area contributed by atoms with Crippen LogP contribution in [-0.4, -0.2) is 32.0 Å². The predicted octanol–water partition coefficient (Wildman–Crippen LogP) is -0.109. The summed E-state index contributed by atoms with van der Waals surface area (Å²) >= 11 is 0. The molecule has 2 unspecified atom stereocenters. The minimum absolute atomic E-state index is 0.232. The number of primary amides is 1. The lowest BCUT2D eigenvalue weighted by atomic mass is 10.1. The number of halogens is 1. The number of aliphatic hydroxyl groups is 2. The van der Waals surface area contributed by atoms with E-state index in [0.717, 1.165) is 0 Å². The van der Waals surface area contributed by atoms with Gasteiger partial charge in [-0.2, -0.15) is 5.10 Å². The fourth-order valence-electron chi connectivity index (χ4n) is 1.56. The van der Waals surface area contributed by atoms with Crippen molar-refractivity contribution in [3.8, 4) is 5.69 Å². The first kappa shape index (κ1) is 13.2. The highest BCUT2D eigenvalue weighted by Gasteiger charge is 2.24. The van der Waals surface area contributed by atoms with E-state index in [9.17, 15) is 19.4 Å². The fourth-order valence-corrected chi connectivity index (χ4v) is 1.56. The summed E-state index contributed by atoms with van der Waals surface area (Å²) in [6, 6.07) is 5.54. The third kappa shape index (κ3) is 2.78. The van der Waals surface area contributed by atoms with Gasteiger partial charge in [-0.25, -0.2) is 9.07 Å². The number of carbonyl (C=O) groups is 1. The second-order valence-corrected chi connectivity index (χ2v) is 3.99. The number of carbonyl (C=O) groups excluding carboxylic acids is 1. The second kappa shape index (κ2) is 5.17. The minimum atomic E-state index is -1.70. The number of hydrogen-bond acceptors (Lipinski definition) is 4. The molecule has 0 aliphatic heterocycles. The van der Waals surface area contributed by atoms with Crippen molar-refractivity contribution in [1.82, 2.24) is 9.78 Å². The smallest absolute Gasteiger partial charge is 0.249 e. The van der Waals surface area contributed by atoms with Crippen LogP contribution in [0, 0.1) is 5.82 Å². The summed E-state index contributed by atoms with van der Waals surface area (Å²) in [6.07, 6.45) is -0.442. The minimum Gasteiger partial charge on any atom is -0.385 e. The van der Waals surface area contributed by atoms with Gasteiger partial charge in [-0.3, -0.25) is 4.79 Å². The van der Waals surface area contributed by atoms with E-state index in [1.165, 1.54) is 41.3 Å². The van der Waals surface area contributed by atoms with Crippen molar-refractivity contribution < 1.29 is 19.4 Å². The Morgan fingerprint density at radius 3 is 2.53 bits per heavy atom. The summed E-state index contributed by atoms with van der Waals surface area (Å²) in [4.78, 5) is 10.8.